The van der Waals surface area contributed by atoms with Crippen LogP contribution in [0.2, 0.25) is 0 Å². The molecule has 0 fully saturated rings. The second kappa shape index (κ2) is 10.3. The first-order chi connectivity index (χ1) is 14.9. The van der Waals surface area contributed by atoms with Crippen molar-refractivity contribution in [3.05, 3.63) is 71.8 Å². The fourth-order valence-electron chi connectivity index (χ4n) is 3.78. The number of benzene rings is 2. The maximum absolute atomic E-state index is 13.0. The van der Waals surface area contributed by atoms with E-state index in [4.69, 9.17) is 0 Å². The van der Waals surface area contributed by atoms with Crippen molar-refractivity contribution in [1.29, 1.82) is 0 Å². The molecule has 174 valence electrons. The molecule has 4 atom stereocenters. The Bertz CT molecular complexity index is 821. The molecule has 6 nitrogen and oxygen atoms in total. The molecule has 4 unspecified atom stereocenters. The van der Waals surface area contributed by atoms with Crippen LogP contribution in [-0.2, 0) is 9.59 Å². The van der Waals surface area contributed by atoms with Gasteiger partial charge in [0.15, 0.2) is 0 Å². The zero-order valence-corrected chi connectivity index (χ0v) is 19.9. The lowest BCUT2D eigenvalue weighted by atomic mass is 9.83. The predicted molar refractivity (Wildman–Crippen MR) is 126 cm³/mol. The SMILES string of the molecule is CC(c1ccccc1)C(C)(O)C(=O)N(C)CCN(C)C(=O)C(C)(O)C(C)c1ccccc1. The normalized spacial score (nSPS) is 16.9. The summed E-state index contributed by atoms with van der Waals surface area (Å²) in [7, 11) is 3.22. The Kier molecular flexibility index (Phi) is 8.21. The largest absolute Gasteiger partial charge is 0.380 e. The third-order valence-electron chi connectivity index (χ3n) is 6.62. The monoisotopic (exact) mass is 440 g/mol. The molecule has 2 N–H and O–H groups in total. The van der Waals surface area contributed by atoms with Gasteiger partial charge in [0, 0.05) is 39.0 Å². The van der Waals surface area contributed by atoms with E-state index in [9.17, 15) is 19.8 Å². The fraction of sp³-hybridized carbons (Fsp3) is 0.462. The van der Waals surface area contributed by atoms with Crippen molar-refractivity contribution in [2.75, 3.05) is 27.2 Å². The van der Waals surface area contributed by atoms with Crippen LogP contribution in [-0.4, -0.2) is 70.2 Å². The van der Waals surface area contributed by atoms with Gasteiger partial charge in [-0.05, 0) is 25.0 Å². The van der Waals surface area contributed by atoms with Gasteiger partial charge in [0.1, 0.15) is 11.2 Å². The first kappa shape index (κ1) is 25.6. The molecular weight excluding hydrogens is 404 g/mol. The van der Waals surface area contributed by atoms with Gasteiger partial charge in [-0.3, -0.25) is 9.59 Å². The summed E-state index contributed by atoms with van der Waals surface area (Å²) in [6.07, 6.45) is 0. The third kappa shape index (κ3) is 5.56. The molecule has 2 rings (SSSR count). The van der Waals surface area contributed by atoms with Crippen molar-refractivity contribution in [2.24, 2.45) is 0 Å². The summed E-state index contributed by atoms with van der Waals surface area (Å²) in [5, 5.41) is 21.9. The van der Waals surface area contributed by atoms with Crippen LogP contribution in [0.5, 0.6) is 0 Å². The van der Waals surface area contributed by atoms with Gasteiger partial charge >= 0.3 is 0 Å². The first-order valence-electron chi connectivity index (χ1n) is 11.0. The van der Waals surface area contributed by atoms with E-state index in [1.807, 2.05) is 74.5 Å². The number of hydrogen-bond acceptors (Lipinski definition) is 4. The van der Waals surface area contributed by atoms with E-state index in [0.717, 1.165) is 11.1 Å². The Balaban J connectivity index is 2.01. The maximum atomic E-state index is 13.0. The van der Waals surface area contributed by atoms with Crippen molar-refractivity contribution in [2.45, 2.75) is 50.7 Å². The van der Waals surface area contributed by atoms with Crippen molar-refractivity contribution in [3.8, 4) is 0 Å². The Morgan fingerprint density at radius 3 is 1.28 bits per heavy atom. The molecule has 32 heavy (non-hydrogen) atoms. The molecule has 6 heteroatoms. The lowest BCUT2D eigenvalue weighted by molar-refractivity contribution is -0.153. The van der Waals surface area contributed by atoms with Gasteiger partial charge in [-0.25, -0.2) is 0 Å². The smallest absolute Gasteiger partial charge is 0.254 e. The minimum Gasteiger partial charge on any atom is -0.380 e. The summed E-state index contributed by atoms with van der Waals surface area (Å²) < 4.78 is 0. The van der Waals surface area contributed by atoms with E-state index in [-0.39, 0.29) is 13.1 Å². The van der Waals surface area contributed by atoms with Crippen LogP contribution in [0.4, 0.5) is 0 Å². The van der Waals surface area contributed by atoms with Crippen LogP contribution in [0, 0.1) is 0 Å². The van der Waals surface area contributed by atoms with E-state index >= 15 is 0 Å². The zero-order valence-electron chi connectivity index (χ0n) is 19.9. The first-order valence-corrected chi connectivity index (χ1v) is 11.0. The number of likely N-dealkylation sites (N-methyl/N-ethyl adjacent to an activating group) is 2. The minimum absolute atomic E-state index is 0.231. The number of amides is 2. The van der Waals surface area contributed by atoms with Gasteiger partial charge in [-0.2, -0.15) is 0 Å². The quantitative estimate of drug-likeness (QED) is 0.628. The molecule has 2 aromatic carbocycles. The van der Waals surface area contributed by atoms with Crippen LogP contribution in [0.15, 0.2) is 60.7 Å². The van der Waals surface area contributed by atoms with Crippen LogP contribution in [0.1, 0.15) is 50.7 Å². The number of hydrogen-bond donors (Lipinski definition) is 2. The topological polar surface area (TPSA) is 81.1 Å². The van der Waals surface area contributed by atoms with Crippen LogP contribution < -0.4 is 0 Å². The average Bonchev–Trinajstić information content (AvgIpc) is 2.81. The Morgan fingerprint density at radius 2 is 1.00 bits per heavy atom. The fourth-order valence-corrected chi connectivity index (χ4v) is 3.78. The molecule has 0 aliphatic rings. The molecule has 2 amide bonds. The molecule has 0 aliphatic carbocycles. The molecule has 2 aromatic rings. The number of nitrogens with zero attached hydrogens (tertiary/aromatic N) is 2. The summed E-state index contributed by atoms with van der Waals surface area (Å²) in [4.78, 5) is 28.8. The number of aliphatic hydroxyl groups is 2. The molecule has 0 aliphatic heterocycles. The van der Waals surface area contributed by atoms with Crippen molar-refractivity contribution in [1.82, 2.24) is 9.80 Å². The number of rotatable bonds is 9. The zero-order chi connectivity index (χ0) is 24.1. The highest BCUT2D eigenvalue weighted by Crippen LogP contribution is 2.30. The summed E-state index contributed by atoms with van der Waals surface area (Å²) >= 11 is 0. The highest BCUT2D eigenvalue weighted by Gasteiger charge is 2.41. The molecule has 0 saturated heterocycles. The molecule has 0 radical (unpaired) electrons. The maximum Gasteiger partial charge on any atom is 0.254 e. The summed E-state index contributed by atoms with van der Waals surface area (Å²) in [6.45, 7) is 7.14. The van der Waals surface area contributed by atoms with Crippen LogP contribution >= 0.6 is 0 Å². The number of carbonyl (C=O) groups excluding carboxylic acids is 2. The molecule has 0 spiro atoms. The average molecular weight is 441 g/mol. The van der Waals surface area contributed by atoms with Gasteiger partial charge in [-0.15, -0.1) is 0 Å². The van der Waals surface area contributed by atoms with Crippen molar-refractivity contribution < 1.29 is 19.8 Å². The lowest BCUT2D eigenvalue weighted by Gasteiger charge is -2.36. The van der Waals surface area contributed by atoms with Crippen molar-refractivity contribution >= 4 is 11.8 Å². The van der Waals surface area contributed by atoms with E-state index < -0.39 is 34.9 Å². The van der Waals surface area contributed by atoms with E-state index in [0.29, 0.717) is 0 Å². The minimum atomic E-state index is -1.59. The Hall–Kier alpha value is -2.70. The van der Waals surface area contributed by atoms with Gasteiger partial charge in [-0.1, -0.05) is 74.5 Å². The highest BCUT2D eigenvalue weighted by molar-refractivity contribution is 5.86. The molecule has 0 bridgehead atoms. The predicted octanol–water partition coefficient (Wildman–Crippen LogP) is 3.01. The lowest BCUT2D eigenvalue weighted by Crippen LogP contribution is -2.53. The van der Waals surface area contributed by atoms with Gasteiger partial charge in [0.25, 0.3) is 11.8 Å². The third-order valence-corrected chi connectivity index (χ3v) is 6.62. The highest BCUT2D eigenvalue weighted by atomic mass is 16.3. The molecule has 0 saturated carbocycles. The second-order valence-electron chi connectivity index (χ2n) is 9.01. The summed E-state index contributed by atoms with van der Waals surface area (Å²) in [5.41, 5.74) is -1.44. The van der Waals surface area contributed by atoms with E-state index in [1.54, 1.807) is 14.1 Å². The van der Waals surface area contributed by atoms with Gasteiger partial charge < -0.3 is 20.0 Å². The van der Waals surface area contributed by atoms with Crippen LogP contribution in [0.25, 0.3) is 0 Å². The molecule has 0 aromatic heterocycles. The van der Waals surface area contributed by atoms with Crippen molar-refractivity contribution in [3.63, 3.8) is 0 Å². The van der Waals surface area contributed by atoms with Crippen LogP contribution in [0.3, 0.4) is 0 Å². The standard InChI is InChI=1S/C26H36N2O4/c1-19(21-13-9-7-10-14-21)25(3,31)23(29)27(5)17-18-28(6)24(30)26(4,32)20(2)22-15-11-8-12-16-22/h7-16,19-20,31-32H,17-18H2,1-6H3. The Labute approximate surface area is 191 Å². The summed E-state index contributed by atoms with van der Waals surface area (Å²) in [5.74, 6) is -1.63. The van der Waals surface area contributed by atoms with Gasteiger partial charge in [0.2, 0.25) is 0 Å². The Morgan fingerprint density at radius 1 is 0.719 bits per heavy atom. The number of carbonyl (C=O) groups is 2. The molecule has 0 heterocycles. The van der Waals surface area contributed by atoms with E-state index in [1.165, 1.54) is 23.6 Å². The van der Waals surface area contributed by atoms with E-state index in [2.05, 4.69) is 0 Å². The summed E-state index contributed by atoms with van der Waals surface area (Å²) in [6, 6.07) is 18.8. The second-order valence-corrected chi connectivity index (χ2v) is 9.01. The molecular formula is C26H36N2O4. The van der Waals surface area contributed by atoms with Gasteiger partial charge in [0.05, 0.1) is 0 Å².